The van der Waals surface area contributed by atoms with Gasteiger partial charge in [0.25, 0.3) is 0 Å². The molecule has 1 atom stereocenters. The molecule has 2 aliphatic rings. The molecule has 0 aliphatic carbocycles. The Bertz CT molecular complexity index is 363. The molecule has 2 heterocycles. The quantitative estimate of drug-likeness (QED) is 0.681. The topological polar surface area (TPSA) is 27.7 Å². The van der Waals surface area contributed by atoms with Gasteiger partial charge < -0.3 is 14.0 Å². The molecular weight excluding hydrogens is 239 g/mol. The van der Waals surface area contributed by atoms with Gasteiger partial charge in [-0.3, -0.25) is 0 Å². The fraction of sp³-hybridized carbons (Fsp3) is 0.867. The lowest BCUT2D eigenvalue weighted by molar-refractivity contribution is -0.00985. The highest BCUT2D eigenvalue weighted by Gasteiger charge is 2.53. The molecular formula is C15H27BO3. The lowest BCUT2D eigenvalue weighted by Gasteiger charge is -2.34. The molecule has 0 spiro atoms. The van der Waals surface area contributed by atoms with Crippen LogP contribution in [0.3, 0.4) is 0 Å². The second-order valence-electron chi connectivity index (χ2n) is 7.76. The summed E-state index contributed by atoms with van der Waals surface area (Å²) in [6.45, 7) is 15.7. The number of hydrogen-bond donors (Lipinski definition) is 0. The maximum atomic E-state index is 6.12. The standard InChI is InChI=1S/C15H27BO3/c1-13(2,3)12-10-11(8-9-17-12)16-18-14(4,5)15(6,7)19-16/h8,12H,9-10H2,1-7H3. The maximum absolute atomic E-state index is 6.12. The molecule has 0 aromatic rings. The Labute approximate surface area is 117 Å². The fourth-order valence-corrected chi connectivity index (χ4v) is 2.37. The minimum absolute atomic E-state index is 0.142. The monoisotopic (exact) mass is 266 g/mol. The van der Waals surface area contributed by atoms with Gasteiger partial charge in [0.15, 0.2) is 0 Å². The van der Waals surface area contributed by atoms with Crippen molar-refractivity contribution in [3.8, 4) is 0 Å². The summed E-state index contributed by atoms with van der Waals surface area (Å²) < 4.78 is 18.1. The van der Waals surface area contributed by atoms with Crippen LogP contribution in [0.5, 0.6) is 0 Å². The number of rotatable bonds is 1. The van der Waals surface area contributed by atoms with Crippen molar-refractivity contribution in [1.29, 1.82) is 0 Å². The van der Waals surface area contributed by atoms with Gasteiger partial charge in [-0.2, -0.15) is 0 Å². The predicted molar refractivity (Wildman–Crippen MR) is 78.0 cm³/mol. The third-order valence-corrected chi connectivity index (χ3v) is 4.59. The average Bonchev–Trinajstić information content (AvgIpc) is 2.47. The van der Waals surface area contributed by atoms with Crippen LogP contribution in [0.1, 0.15) is 54.9 Å². The van der Waals surface area contributed by atoms with Crippen molar-refractivity contribution in [3.05, 3.63) is 11.5 Å². The summed E-state index contributed by atoms with van der Waals surface area (Å²) in [5.74, 6) is 0. The Kier molecular flexibility index (Phi) is 3.66. The van der Waals surface area contributed by atoms with Crippen LogP contribution < -0.4 is 0 Å². The van der Waals surface area contributed by atoms with Crippen LogP contribution >= 0.6 is 0 Å². The predicted octanol–water partition coefficient (Wildman–Crippen LogP) is 3.38. The van der Waals surface area contributed by atoms with Crippen LogP contribution in [0.25, 0.3) is 0 Å². The zero-order valence-electron chi connectivity index (χ0n) is 13.4. The summed E-state index contributed by atoms with van der Waals surface area (Å²) in [6, 6.07) is 0. The molecule has 0 radical (unpaired) electrons. The Morgan fingerprint density at radius 3 is 2.11 bits per heavy atom. The first-order chi connectivity index (χ1) is 8.53. The van der Waals surface area contributed by atoms with Gasteiger partial charge >= 0.3 is 7.12 Å². The highest BCUT2D eigenvalue weighted by atomic mass is 16.7. The van der Waals surface area contributed by atoms with E-state index in [1.165, 1.54) is 5.47 Å². The van der Waals surface area contributed by atoms with E-state index in [-0.39, 0.29) is 29.8 Å². The molecule has 19 heavy (non-hydrogen) atoms. The van der Waals surface area contributed by atoms with Crippen molar-refractivity contribution in [2.45, 2.75) is 72.2 Å². The summed E-state index contributed by atoms with van der Waals surface area (Å²) >= 11 is 0. The highest BCUT2D eigenvalue weighted by molar-refractivity contribution is 6.54. The van der Waals surface area contributed by atoms with Crippen LogP contribution in [0.2, 0.25) is 0 Å². The molecule has 108 valence electrons. The SMILES string of the molecule is CC(C)(C)C1CC(B2OC(C)(C)C(C)(C)O2)=CCO1. The van der Waals surface area contributed by atoms with Crippen molar-refractivity contribution in [3.63, 3.8) is 0 Å². The first kappa shape index (κ1) is 15.1. The average molecular weight is 266 g/mol. The van der Waals surface area contributed by atoms with E-state index in [1.54, 1.807) is 0 Å². The van der Waals surface area contributed by atoms with Crippen molar-refractivity contribution in [1.82, 2.24) is 0 Å². The van der Waals surface area contributed by atoms with Crippen LogP contribution in [0.15, 0.2) is 11.5 Å². The summed E-state index contributed by atoms with van der Waals surface area (Å²) in [4.78, 5) is 0. The Balaban J connectivity index is 2.11. The molecule has 0 saturated carbocycles. The number of hydrogen-bond acceptors (Lipinski definition) is 3. The van der Waals surface area contributed by atoms with Crippen molar-refractivity contribution >= 4 is 7.12 Å². The maximum Gasteiger partial charge on any atom is 0.490 e. The molecule has 0 N–H and O–H groups in total. The smallest absolute Gasteiger partial charge is 0.400 e. The molecule has 1 saturated heterocycles. The second-order valence-corrected chi connectivity index (χ2v) is 7.76. The van der Waals surface area contributed by atoms with Gasteiger partial charge in [0, 0.05) is 0 Å². The van der Waals surface area contributed by atoms with Gasteiger partial charge in [0.05, 0.1) is 23.9 Å². The van der Waals surface area contributed by atoms with Crippen molar-refractivity contribution in [2.75, 3.05) is 6.61 Å². The zero-order chi connectivity index (χ0) is 14.5. The van der Waals surface area contributed by atoms with Crippen LogP contribution in [0, 0.1) is 5.41 Å². The molecule has 2 aliphatic heterocycles. The van der Waals surface area contributed by atoms with Crippen LogP contribution in [0.4, 0.5) is 0 Å². The molecule has 1 fully saturated rings. The van der Waals surface area contributed by atoms with Gasteiger partial charge in [0.1, 0.15) is 0 Å². The number of ether oxygens (including phenoxy) is 1. The Hall–Kier alpha value is -0.315. The molecule has 0 aromatic heterocycles. The van der Waals surface area contributed by atoms with E-state index in [4.69, 9.17) is 14.0 Å². The van der Waals surface area contributed by atoms with E-state index >= 15 is 0 Å². The first-order valence-corrected chi connectivity index (χ1v) is 7.19. The van der Waals surface area contributed by atoms with Crippen molar-refractivity contribution in [2.24, 2.45) is 5.41 Å². The van der Waals surface area contributed by atoms with E-state index in [0.717, 1.165) is 6.42 Å². The van der Waals surface area contributed by atoms with Gasteiger partial charge in [-0.15, -0.1) is 0 Å². The normalized spacial score (nSPS) is 30.4. The molecule has 0 amide bonds. The van der Waals surface area contributed by atoms with E-state index in [2.05, 4.69) is 54.5 Å². The zero-order valence-corrected chi connectivity index (χ0v) is 13.4. The third-order valence-electron chi connectivity index (χ3n) is 4.59. The summed E-state index contributed by atoms with van der Waals surface area (Å²) in [5.41, 5.74) is 0.829. The molecule has 0 aromatic carbocycles. The molecule has 0 bridgehead atoms. The first-order valence-electron chi connectivity index (χ1n) is 7.19. The van der Waals surface area contributed by atoms with Gasteiger partial charge in [0.2, 0.25) is 0 Å². The lowest BCUT2D eigenvalue weighted by Crippen LogP contribution is -2.41. The molecule has 1 unspecified atom stereocenters. The summed E-state index contributed by atoms with van der Waals surface area (Å²) in [7, 11) is -0.223. The van der Waals surface area contributed by atoms with E-state index < -0.39 is 0 Å². The summed E-state index contributed by atoms with van der Waals surface area (Å²) in [6.07, 6.45) is 3.23. The molecule has 4 heteroatoms. The van der Waals surface area contributed by atoms with Crippen LogP contribution in [-0.2, 0) is 14.0 Å². The van der Waals surface area contributed by atoms with E-state index in [1.807, 2.05) is 0 Å². The van der Waals surface area contributed by atoms with E-state index in [9.17, 15) is 0 Å². The Morgan fingerprint density at radius 2 is 1.63 bits per heavy atom. The minimum Gasteiger partial charge on any atom is -0.400 e. The second kappa shape index (κ2) is 4.61. The minimum atomic E-state index is -0.270. The summed E-state index contributed by atoms with van der Waals surface area (Å²) in [5, 5.41) is 0. The van der Waals surface area contributed by atoms with Gasteiger partial charge in [-0.05, 0) is 45.0 Å². The molecule has 2 rings (SSSR count). The Morgan fingerprint density at radius 1 is 1.11 bits per heavy atom. The third kappa shape index (κ3) is 2.91. The fourth-order valence-electron chi connectivity index (χ4n) is 2.37. The van der Waals surface area contributed by atoms with Crippen molar-refractivity contribution < 1.29 is 14.0 Å². The largest absolute Gasteiger partial charge is 0.490 e. The lowest BCUT2D eigenvalue weighted by atomic mass is 9.70. The molecule has 3 nitrogen and oxygen atoms in total. The van der Waals surface area contributed by atoms with Crippen LogP contribution in [-0.4, -0.2) is 31.0 Å². The van der Waals surface area contributed by atoms with Gasteiger partial charge in [-0.1, -0.05) is 26.8 Å². The van der Waals surface area contributed by atoms with Gasteiger partial charge in [-0.25, -0.2) is 0 Å². The highest BCUT2D eigenvalue weighted by Crippen LogP contribution is 2.41. The van der Waals surface area contributed by atoms with E-state index in [0.29, 0.717) is 6.61 Å².